The van der Waals surface area contributed by atoms with Crippen LogP contribution in [0.5, 0.6) is 0 Å². The van der Waals surface area contributed by atoms with E-state index in [1.54, 1.807) is 6.08 Å². The maximum atomic E-state index is 12.2. The minimum absolute atomic E-state index is 0.264. The number of carboxylic acid groups (broad SMARTS) is 1. The molecule has 2 fully saturated rings. The molecule has 2 heterocycles. The van der Waals surface area contributed by atoms with E-state index >= 15 is 0 Å². The number of anilines is 1. The largest absolute Gasteiger partial charge is 0.480 e. The van der Waals surface area contributed by atoms with Crippen LogP contribution in [0, 0.1) is 6.92 Å². The zero-order chi connectivity index (χ0) is 18.0. The number of amides is 2. The Labute approximate surface area is 150 Å². The standard InChI is InChI=1S/C18H20N2O4S/c1-12-9-14(19-7-3-2-4-8-19)6-5-13(12)10-15-17(23)20(11-16(21)22)18(24)25-15/h5-6,9-10H,2-4,7-8,11H2,1H3,(H,21,22)/b15-10+. The van der Waals surface area contributed by atoms with Crippen molar-refractivity contribution in [2.24, 2.45) is 0 Å². The van der Waals surface area contributed by atoms with Gasteiger partial charge in [-0.2, -0.15) is 0 Å². The quantitative estimate of drug-likeness (QED) is 0.832. The van der Waals surface area contributed by atoms with E-state index in [0.717, 1.165) is 40.9 Å². The van der Waals surface area contributed by atoms with E-state index in [0.29, 0.717) is 0 Å². The molecule has 0 unspecified atom stereocenters. The summed E-state index contributed by atoms with van der Waals surface area (Å²) >= 11 is 0.784. The number of benzene rings is 1. The normalized spacial score (nSPS) is 19.8. The van der Waals surface area contributed by atoms with Gasteiger partial charge < -0.3 is 10.0 Å². The highest BCUT2D eigenvalue weighted by molar-refractivity contribution is 8.18. The molecule has 25 heavy (non-hydrogen) atoms. The van der Waals surface area contributed by atoms with Gasteiger partial charge in [0.15, 0.2) is 0 Å². The highest BCUT2D eigenvalue weighted by Gasteiger charge is 2.36. The van der Waals surface area contributed by atoms with Gasteiger partial charge in [0.1, 0.15) is 6.54 Å². The number of rotatable bonds is 4. The van der Waals surface area contributed by atoms with Crippen molar-refractivity contribution in [2.45, 2.75) is 26.2 Å². The summed E-state index contributed by atoms with van der Waals surface area (Å²) in [5, 5.41) is 8.26. The molecule has 3 rings (SSSR count). The number of carbonyl (C=O) groups is 3. The van der Waals surface area contributed by atoms with Crippen LogP contribution in [0.25, 0.3) is 6.08 Å². The molecule has 0 aromatic heterocycles. The summed E-state index contributed by atoms with van der Waals surface area (Å²) in [6.45, 7) is 3.50. The smallest absolute Gasteiger partial charge is 0.323 e. The third-order valence-electron chi connectivity index (χ3n) is 4.43. The fraction of sp³-hybridized carbons (Fsp3) is 0.389. The Bertz CT molecular complexity index is 753. The lowest BCUT2D eigenvalue weighted by Gasteiger charge is -2.29. The number of nitrogens with zero attached hydrogens (tertiary/aromatic N) is 2. The summed E-state index contributed by atoms with van der Waals surface area (Å²) in [6.07, 6.45) is 5.36. The lowest BCUT2D eigenvalue weighted by molar-refractivity contribution is -0.140. The van der Waals surface area contributed by atoms with Crippen LogP contribution in [0.3, 0.4) is 0 Å². The summed E-state index contributed by atoms with van der Waals surface area (Å²) in [4.78, 5) is 38.2. The fourth-order valence-corrected chi connectivity index (χ4v) is 3.91. The van der Waals surface area contributed by atoms with Crippen LogP contribution >= 0.6 is 11.8 Å². The molecule has 0 spiro atoms. The van der Waals surface area contributed by atoms with Gasteiger partial charge in [0.05, 0.1) is 4.91 Å². The van der Waals surface area contributed by atoms with Crippen molar-refractivity contribution in [1.29, 1.82) is 0 Å². The van der Waals surface area contributed by atoms with E-state index in [4.69, 9.17) is 5.11 Å². The maximum Gasteiger partial charge on any atom is 0.323 e. The Balaban J connectivity index is 1.80. The molecular formula is C18H20N2O4S. The van der Waals surface area contributed by atoms with Crippen LogP contribution in [0.15, 0.2) is 23.1 Å². The molecule has 2 aliphatic heterocycles. The van der Waals surface area contributed by atoms with E-state index in [1.165, 1.54) is 24.9 Å². The first-order valence-electron chi connectivity index (χ1n) is 8.28. The van der Waals surface area contributed by atoms with E-state index < -0.39 is 23.7 Å². The SMILES string of the molecule is Cc1cc(N2CCCCC2)ccc1/C=C1/SC(=O)N(CC(=O)O)C1=O. The van der Waals surface area contributed by atoms with Gasteiger partial charge >= 0.3 is 5.97 Å². The number of carbonyl (C=O) groups excluding carboxylic acids is 2. The topological polar surface area (TPSA) is 77.9 Å². The van der Waals surface area contributed by atoms with Gasteiger partial charge in [-0.3, -0.25) is 19.3 Å². The maximum absolute atomic E-state index is 12.2. The van der Waals surface area contributed by atoms with Crippen molar-refractivity contribution >= 4 is 40.6 Å². The molecule has 0 atom stereocenters. The Kier molecular flexibility index (Phi) is 5.13. The van der Waals surface area contributed by atoms with Gasteiger partial charge in [0.25, 0.3) is 11.1 Å². The summed E-state index contributed by atoms with van der Waals surface area (Å²) in [5.41, 5.74) is 3.06. The third kappa shape index (κ3) is 3.87. The van der Waals surface area contributed by atoms with Gasteiger partial charge in [-0.25, -0.2) is 0 Å². The Morgan fingerprint density at radius 3 is 2.60 bits per heavy atom. The van der Waals surface area contributed by atoms with Gasteiger partial charge in [-0.15, -0.1) is 0 Å². The highest BCUT2D eigenvalue weighted by atomic mass is 32.2. The number of hydrogen-bond acceptors (Lipinski definition) is 5. The molecule has 0 bridgehead atoms. The number of thioether (sulfide) groups is 1. The lowest BCUT2D eigenvalue weighted by atomic mass is 10.0. The van der Waals surface area contributed by atoms with Crippen LogP contribution in [-0.2, 0) is 9.59 Å². The third-order valence-corrected chi connectivity index (χ3v) is 5.34. The molecule has 2 amide bonds. The van der Waals surface area contributed by atoms with Gasteiger partial charge in [-0.1, -0.05) is 6.07 Å². The van der Waals surface area contributed by atoms with Crippen LogP contribution in [0.1, 0.15) is 30.4 Å². The number of aliphatic carboxylic acids is 1. The van der Waals surface area contributed by atoms with Gasteiger partial charge in [0, 0.05) is 18.8 Å². The average molecular weight is 360 g/mol. The second-order valence-electron chi connectivity index (χ2n) is 6.25. The molecule has 1 N–H and O–H groups in total. The number of imide groups is 1. The predicted octanol–water partition coefficient (Wildman–Crippen LogP) is 3.11. The van der Waals surface area contributed by atoms with Crippen LogP contribution in [0.2, 0.25) is 0 Å². The van der Waals surface area contributed by atoms with Crippen LogP contribution in [0.4, 0.5) is 10.5 Å². The zero-order valence-corrected chi connectivity index (χ0v) is 14.8. The number of hydrogen-bond donors (Lipinski definition) is 1. The molecule has 0 aliphatic carbocycles. The van der Waals surface area contributed by atoms with E-state index in [-0.39, 0.29) is 4.91 Å². The molecule has 0 radical (unpaired) electrons. The molecule has 6 nitrogen and oxygen atoms in total. The second kappa shape index (κ2) is 7.31. The molecule has 1 aromatic rings. The highest BCUT2D eigenvalue weighted by Crippen LogP contribution is 2.33. The summed E-state index contributed by atoms with van der Waals surface area (Å²) in [5.74, 6) is -1.75. The van der Waals surface area contributed by atoms with Gasteiger partial charge in [0.2, 0.25) is 0 Å². The average Bonchev–Trinajstić information content (AvgIpc) is 2.84. The van der Waals surface area contributed by atoms with E-state index in [9.17, 15) is 14.4 Å². The fourth-order valence-electron chi connectivity index (χ4n) is 3.08. The monoisotopic (exact) mass is 360 g/mol. The molecule has 0 saturated carbocycles. The number of piperidine rings is 1. The minimum atomic E-state index is -1.20. The van der Waals surface area contributed by atoms with Crippen molar-refractivity contribution < 1.29 is 19.5 Å². The summed E-state index contributed by atoms with van der Waals surface area (Å²) in [7, 11) is 0. The zero-order valence-electron chi connectivity index (χ0n) is 14.0. The van der Waals surface area contributed by atoms with Crippen molar-refractivity contribution in [3.05, 3.63) is 34.2 Å². The Hall–Kier alpha value is -2.28. The molecule has 132 valence electrons. The predicted molar refractivity (Wildman–Crippen MR) is 97.6 cm³/mol. The van der Waals surface area contributed by atoms with Gasteiger partial charge in [-0.05, 0) is 67.3 Å². The summed E-state index contributed by atoms with van der Waals surface area (Å²) in [6, 6.07) is 6.08. The summed E-state index contributed by atoms with van der Waals surface area (Å²) < 4.78 is 0. The van der Waals surface area contributed by atoms with Crippen molar-refractivity contribution in [2.75, 3.05) is 24.5 Å². The van der Waals surface area contributed by atoms with Crippen LogP contribution in [-0.4, -0.2) is 46.8 Å². The van der Waals surface area contributed by atoms with Crippen molar-refractivity contribution in [3.8, 4) is 0 Å². The first-order valence-corrected chi connectivity index (χ1v) is 9.10. The molecule has 1 aromatic carbocycles. The Morgan fingerprint density at radius 1 is 1.24 bits per heavy atom. The number of aryl methyl sites for hydroxylation is 1. The van der Waals surface area contributed by atoms with E-state index in [1.807, 2.05) is 19.1 Å². The first kappa shape index (κ1) is 17.5. The molecule has 2 aliphatic rings. The lowest BCUT2D eigenvalue weighted by Crippen LogP contribution is -2.33. The molecule has 2 saturated heterocycles. The molecule has 7 heteroatoms. The Morgan fingerprint density at radius 2 is 1.96 bits per heavy atom. The minimum Gasteiger partial charge on any atom is -0.480 e. The van der Waals surface area contributed by atoms with E-state index in [2.05, 4.69) is 11.0 Å². The first-order chi connectivity index (χ1) is 12.0. The van der Waals surface area contributed by atoms with Crippen LogP contribution < -0.4 is 4.90 Å². The second-order valence-corrected chi connectivity index (χ2v) is 7.24. The molecular weight excluding hydrogens is 340 g/mol. The van der Waals surface area contributed by atoms with Crippen molar-refractivity contribution in [3.63, 3.8) is 0 Å². The number of carboxylic acids is 1. The van der Waals surface area contributed by atoms with Crippen molar-refractivity contribution in [1.82, 2.24) is 4.90 Å².